The Balaban J connectivity index is 1.72. The molecule has 1 saturated carbocycles. The second-order valence-corrected chi connectivity index (χ2v) is 5.74. The number of nitrogens with one attached hydrogen (secondary N) is 2. The molecule has 1 aromatic heterocycles. The minimum atomic E-state index is -1.11. The van der Waals surface area contributed by atoms with Crippen LogP contribution in [0.15, 0.2) is 36.5 Å². The first-order valence-corrected chi connectivity index (χ1v) is 7.50. The zero-order chi connectivity index (χ0) is 17.3. The van der Waals surface area contributed by atoms with Gasteiger partial charge in [0, 0.05) is 18.0 Å². The number of halogens is 3. The van der Waals surface area contributed by atoms with Crippen molar-refractivity contribution in [1.29, 1.82) is 0 Å². The van der Waals surface area contributed by atoms with Crippen molar-refractivity contribution in [3.63, 3.8) is 0 Å². The van der Waals surface area contributed by atoms with Crippen LogP contribution < -0.4 is 10.6 Å². The van der Waals surface area contributed by atoms with Crippen LogP contribution in [0.25, 0.3) is 0 Å². The van der Waals surface area contributed by atoms with Crippen LogP contribution in [0.3, 0.4) is 0 Å². The Morgan fingerprint density at radius 3 is 2.67 bits per heavy atom. The van der Waals surface area contributed by atoms with E-state index in [9.17, 15) is 18.4 Å². The van der Waals surface area contributed by atoms with Gasteiger partial charge >= 0.3 is 0 Å². The highest BCUT2D eigenvalue weighted by Gasteiger charge is 2.43. The van der Waals surface area contributed by atoms with Crippen molar-refractivity contribution in [2.24, 2.45) is 5.92 Å². The summed E-state index contributed by atoms with van der Waals surface area (Å²) < 4.78 is 26.6. The van der Waals surface area contributed by atoms with E-state index in [-0.39, 0.29) is 28.5 Å². The van der Waals surface area contributed by atoms with Gasteiger partial charge in [0.15, 0.2) is 0 Å². The fourth-order valence-corrected chi connectivity index (χ4v) is 2.39. The lowest BCUT2D eigenvalue weighted by Gasteiger charge is -2.09. The van der Waals surface area contributed by atoms with Gasteiger partial charge in [-0.05, 0) is 24.6 Å². The van der Waals surface area contributed by atoms with E-state index in [1.165, 1.54) is 30.5 Å². The average Bonchev–Trinajstić information content (AvgIpc) is 3.24. The number of benzene rings is 1. The van der Waals surface area contributed by atoms with Gasteiger partial charge in [-0.2, -0.15) is 0 Å². The maximum absolute atomic E-state index is 13.7. The Labute approximate surface area is 141 Å². The third kappa shape index (κ3) is 3.51. The standard InChI is InChI=1S/C16H12ClF2N3O2/c17-10-2-1-3-11(18)14(10)16(24)21-8-4-5-20-13(6-8)22-15(23)9-7-12(9)19/h1-6,9,12H,7H2,(H2,20,21,22,23,24)/t9-,12-/m1/s1. The number of amides is 2. The van der Waals surface area contributed by atoms with Gasteiger partial charge in [0.05, 0.1) is 16.5 Å². The summed E-state index contributed by atoms with van der Waals surface area (Å²) in [6, 6.07) is 6.78. The van der Waals surface area contributed by atoms with Crippen molar-refractivity contribution in [2.75, 3.05) is 10.6 Å². The van der Waals surface area contributed by atoms with Crippen molar-refractivity contribution in [3.05, 3.63) is 52.9 Å². The van der Waals surface area contributed by atoms with Crippen LogP contribution in [0.5, 0.6) is 0 Å². The second-order valence-electron chi connectivity index (χ2n) is 5.33. The molecule has 0 aliphatic heterocycles. The van der Waals surface area contributed by atoms with Crippen molar-refractivity contribution in [2.45, 2.75) is 12.6 Å². The molecular formula is C16H12ClF2N3O2. The second kappa shape index (κ2) is 6.52. The third-order valence-electron chi connectivity index (χ3n) is 3.51. The molecule has 1 fully saturated rings. The number of carbonyl (C=O) groups excluding carboxylic acids is 2. The molecule has 1 heterocycles. The topological polar surface area (TPSA) is 71.1 Å². The number of nitrogens with zero attached hydrogens (tertiary/aromatic N) is 1. The van der Waals surface area contributed by atoms with Crippen LogP contribution in [0.1, 0.15) is 16.8 Å². The zero-order valence-corrected chi connectivity index (χ0v) is 13.0. The van der Waals surface area contributed by atoms with E-state index in [1.54, 1.807) is 0 Å². The first kappa shape index (κ1) is 16.3. The number of alkyl halides is 1. The summed E-state index contributed by atoms with van der Waals surface area (Å²) in [4.78, 5) is 27.8. The van der Waals surface area contributed by atoms with E-state index >= 15 is 0 Å². The van der Waals surface area contributed by atoms with Crippen molar-refractivity contribution in [3.8, 4) is 0 Å². The molecular weight excluding hydrogens is 340 g/mol. The molecule has 24 heavy (non-hydrogen) atoms. The SMILES string of the molecule is O=C(Nc1ccnc(NC(=O)[C@@H]2C[C@H]2F)c1)c1c(F)cccc1Cl. The molecule has 2 N–H and O–H groups in total. The molecule has 1 aliphatic carbocycles. The Morgan fingerprint density at radius 2 is 2.00 bits per heavy atom. The molecule has 0 bridgehead atoms. The Morgan fingerprint density at radius 1 is 1.25 bits per heavy atom. The molecule has 0 unspecified atom stereocenters. The van der Waals surface area contributed by atoms with Crippen LogP contribution in [-0.2, 0) is 4.79 Å². The summed E-state index contributed by atoms with van der Waals surface area (Å²) in [7, 11) is 0. The summed E-state index contributed by atoms with van der Waals surface area (Å²) >= 11 is 5.84. The molecule has 0 spiro atoms. The first-order valence-electron chi connectivity index (χ1n) is 7.12. The lowest BCUT2D eigenvalue weighted by atomic mass is 10.2. The van der Waals surface area contributed by atoms with Crippen LogP contribution >= 0.6 is 11.6 Å². The van der Waals surface area contributed by atoms with Gasteiger partial charge in [-0.25, -0.2) is 13.8 Å². The lowest BCUT2D eigenvalue weighted by molar-refractivity contribution is -0.117. The normalized spacial score (nSPS) is 18.8. The first-order chi connectivity index (χ1) is 11.5. The van der Waals surface area contributed by atoms with Crippen molar-refractivity contribution in [1.82, 2.24) is 4.98 Å². The molecule has 0 saturated heterocycles. The summed E-state index contributed by atoms with van der Waals surface area (Å²) in [6.45, 7) is 0. The highest BCUT2D eigenvalue weighted by molar-refractivity contribution is 6.34. The van der Waals surface area contributed by atoms with Gasteiger partial charge in [0.25, 0.3) is 5.91 Å². The van der Waals surface area contributed by atoms with Crippen LogP contribution in [0.2, 0.25) is 5.02 Å². The van der Waals surface area contributed by atoms with E-state index in [0.29, 0.717) is 0 Å². The molecule has 2 aromatic rings. The van der Waals surface area contributed by atoms with Crippen molar-refractivity contribution >= 4 is 34.9 Å². The smallest absolute Gasteiger partial charge is 0.260 e. The number of pyridine rings is 1. The van der Waals surface area contributed by atoms with Crippen LogP contribution in [0.4, 0.5) is 20.3 Å². The van der Waals surface area contributed by atoms with Gasteiger partial charge in [-0.3, -0.25) is 9.59 Å². The molecule has 2 atom stereocenters. The van der Waals surface area contributed by atoms with Gasteiger partial charge in [0.1, 0.15) is 17.8 Å². The quantitative estimate of drug-likeness (QED) is 0.886. The van der Waals surface area contributed by atoms with Gasteiger partial charge < -0.3 is 10.6 Å². The van der Waals surface area contributed by atoms with E-state index in [0.717, 1.165) is 6.07 Å². The third-order valence-corrected chi connectivity index (χ3v) is 3.82. The summed E-state index contributed by atoms with van der Waals surface area (Å²) in [5, 5.41) is 4.93. The van der Waals surface area contributed by atoms with E-state index in [4.69, 9.17) is 11.6 Å². The number of carbonyl (C=O) groups is 2. The van der Waals surface area contributed by atoms with Gasteiger partial charge in [-0.1, -0.05) is 17.7 Å². The minimum Gasteiger partial charge on any atom is -0.322 e. The monoisotopic (exact) mass is 351 g/mol. The van der Waals surface area contributed by atoms with Gasteiger partial charge in [-0.15, -0.1) is 0 Å². The fraction of sp³-hybridized carbons (Fsp3) is 0.188. The maximum atomic E-state index is 13.7. The summed E-state index contributed by atoms with van der Waals surface area (Å²) in [5.41, 5.74) is 0.0111. The molecule has 1 aromatic carbocycles. The number of anilines is 2. The molecule has 0 radical (unpaired) electrons. The Bertz CT molecular complexity index is 795. The van der Waals surface area contributed by atoms with Gasteiger partial charge in [0.2, 0.25) is 5.91 Å². The summed E-state index contributed by atoms with van der Waals surface area (Å²) in [5.74, 6) is -2.42. The average molecular weight is 352 g/mol. The molecule has 8 heteroatoms. The highest BCUT2D eigenvalue weighted by Crippen LogP contribution is 2.34. The summed E-state index contributed by atoms with van der Waals surface area (Å²) in [6.07, 6.45) is 0.443. The predicted molar refractivity (Wildman–Crippen MR) is 85.2 cm³/mol. The number of hydrogen-bond acceptors (Lipinski definition) is 3. The van der Waals surface area contributed by atoms with E-state index in [2.05, 4.69) is 15.6 Å². The fourth-order valence-electron chi connectivity index (χ4n) is 2.14. The van der Waals surface area contributed by atoms with Crippen LogP contribution in [-0.4, -0.2) is 23.0 Å². The molecule has 3 rings (SSSR count). The maximum Gasteiger partial charge on any atom is 0.260 e. The molecule has 2 amide bonds. The largest absolute Gasteiger partial charge is 0.322 e. The molecule has 5 nitrogen and oxygen atoms in total. The molecule has 124 valence electrons. The number of hydrogen-bond donors (Lipinski definition) is 2. The predicted octanol–water partition coefficient (Wildman–Crippen LogP) is 3.42. The highest BCUT2D eigenvalue weighted by atomic mass is 35.5. The zero-order valence-electron chi connectivity index (χ0n) is 12.2. The Hall–Kier alpha value is -2.54. The number of aromatic nitrogens is 1. The molecule has 1 aliphatic rings. The minimum absolute atomic E-state index is 0.0159. The Kier molecular flexibility index (Phi) is 4.44. The van der Waals surface area contributed by atoms with E-state index < -0.39 is 29.7 Å². The number of rotatable bonds is 4. The van der Waals surface area contributed by atoms with Crippen LogP contribution in [0, 0.1) is 11.7 Å². The van der Waals surface area contributed by atoms with Crippen molar-refractivity contribution < 1.29 is 18.4 Å². The lowest BCUT2D eigenvalue weighted by Crippen LogP contribution is -2.17. The van der Waals surface area contributed by atoms with E-state index in [1.807, 2.05) is 0 Å².